The molecule has 0 unspecified atom stereocenters. The third-order valence-corrected chi connectivity index (χ3v) is 2.79. The Morgan fingerprint density at radius 3 is 2.42 bits per heavy atom. The van der Waals surface area contributed by atoms with Crippen molar-refractivity contribution < 1.29 is 4.68 Å². The molecular weight excluding hydrogens is 285 g/mol. The third-order valence-electron chi connectivity index (χ3n) is 2.35. The fraction of sp³-hybridized carbons (Fsp3) is 0. The Balaban J connectivity index is 2.50. The lowest BCUT2D eigenvalue weighted by molar-refractivity contribution is -0.441. The zero-order valence-corrected chi connectivity index (χ0v) is 11.4. The summed E-state index contributed by atoms with van der Waals surface area (Å²) in [6, 6.07) is 8.87. The predicted molar refractivity (Wildman–Crippen MR) is 78.6 cm³/mol. The minimum atomic E-state index is -0.0770. The standard InChI is InChI=1S/C12H12Cl2N5/c1-18(17-12(15)16)11-3-2-4-19(11)10-6-8(13)5-9(14)7-10/h2-7H,1H2,(H4,15,16,17)/q+1. The van der Waals surface area contributed by atoms with E-state index in [2.05, 4.69) is 11.8 Å². The number of aromatic nitrogens is 1. The molecule has 1 aromatic heterocycles. The van der Waals surface area contributed by atoms with Gasteiger partial charge in [-0.15, -0.1) is 4.68 Å². The Bertz CT molecular complexity index is 636. The molecule has 1 aromatic carbocycles. The van der Waals surface area contributed by atoms with Gasteiger partial charge in [-0.1, -0.05) is 23.2 Å². The van der Waals surface area contributed by atoms with Crippen LogP contribution in [0.2, 0.25) is 10.0 Å². The molecule has 0 spiro atoms. The highest BCUT2D eigenvalue weighted by Crippen LogP contribution is 2.25. The third kappa shape index (κ3) is 3.07. The second kappa shape index (κ2) is 5.34. The van der Waals surface area contributed by atoms with Gasteiger partial charge in [-0.05, 0) is 17.2 Å². The quantitative estimate of drug-likeness (QED) is 0.395. The second-order valence-electron chi connectivity index (χ2n) is 3.79. The molecule has 0 aliphatic carbocycles. The van der Waals surface area contributed by atoms with Gasteiger partial charge in [0.15, 0.2) is 0 Å². The van der Waals surface area contributed by atoms with Gasteiger partial charge in [0, 0.05) is 28.2 Å². The van der Waals surface area contributed by atoms with Gasteiger partial charge in [-0.2, -0.15) is 4.57 Å². The van der Waals surface area contributed by atoms with Gasteiger partial charge in [0.2, 0.25) is 5.96 Å². The van der Waals surface area contributed by atoms with Crippen LogP contribution in [0.4, 0.5) is 5.82 Å². The van der Waals surface area contributed by atoms with Gasteiger partial charge in [0.25, 0.3) is 0 Å². The summed E-state index contributed by atoms with van der Waals surface area (Å²) in [6.45, 7) is 3.75. The maximum absolute atomic E-state index is 5.99. The highest BCUT2D eigenvalue weighted by atomic mass is 35.5. The average molecular weight is 297 g/mol. The number of benzene rings is 1. The summed E-state index contributed by atoms with van der Waals surface area (Å²) in [6.07, 6.45) is 1.83. The van der Waals surface area contributed by atoms with Crippen LogP contribution in [0.15, 0.2) is 41.6 Å². The number of hydrogen-bond acceptors (Lipinski definition) is 1. The van der Waals surface area contributed by atoms with Crippen LogP contribution in [0.3, 0.4) is 0 Å². The Morgan fingerprint density at radius 1 is 1.21 bits per heavy atom. The molecular formula is C12H12Cl2N5+. The van der Waals surface area contributed by atoms with Crippen LogP contribution in [-0.2, 0) is 0 Å². The van der Waals surface area contributed by atoms with Crippen molar-refractivity contribution in [2.45, 2.75) is 0 Å². The average Bonchev–Trinajstić information content (AvgIpc) is 2.75. The van der Waals surface area contributed by atoms with Crippen molar-refractivity contribution in [3.05, 3.63) is 46.6 Å². The highest BCUT2D eigenvalue weighted by Gasteiger charge is 2.15. The largest absolute Gasteiger partial charge is 0.367 e. The van der Waals surface area contributed by atoms with E-state index in [0.717, 1.165) is 5.69 Å². The summed E-state index contributed by atoms with van der Waals surface area (Å²) in [5, 5.41) is 4.94. The summed E-state index contributed by atoms with van der Waals surface area (Å²) in [4.78, 5) is 0. The molecule has 2 aromatic rings. The minimum absolute atomic E-state index is 0.0770. The van der Waals surface area contributed by atoms with E-state index in [9.17, 15) is 0 Å². The van der Waals surface area contributed by atoms with Crippen molar-refractivity contribution in [1.29, 1.82) is 0 Å². The molecule has 0 saturated carbocycles. The number of halogens is 2. The summed E-state index contributed by atoms with van der Waals surface area (Å²) in [5.41, 5.74) is 11.5. The van der Waals surface area contributed by atoms with Crippen molar-refractivity contribution in [2.75, 3.05) is 0 Å². The fourth-order valence-corrected chi connectivity index (χ4v) is 2.18. The van der Waals surface area contributed by atoms with Crippen molar-refractivity contribution in [3.8, 4) is 5.69 Å². The van der Waals surface area contributed by atoms with E-state index in [-0.39, 0.29) is 5.96 Å². The number of rotatable bonds is 3. The smallest absolute Gasteiger partial charge is 0.311 e. The summed E-state index contributed by atoms with van der Waals surface area (Å²) < 4.78 is 3.14. The summed E-state index contributed by atoms with van der Waals surface area (Å²) in [5.74, 6) is 0.596. The molecule has 0 bridgehead atoms. The van der Waals surface area contributed by atoms with Crippen molar-refractivity contribution in [1.82, 2.24) is 4.57 Å². The van der Waals surface area contributed by atoms with Crippen LogP contribution >= 0.6 is 23.2 Å². The van der Waals surface area contributed by atoms with Gasteiger partial charge in [-0.3, -0.25) is 0 Å². The Labute approximate surface area is 120 Å². The molecule has 7 heteroatoms. The lowest BCUT2D eigenvalue weighted by atomic mass is 10.3. The molecule has 4 N–H and O–H groups in total. The molecule has 0 fully saturated rings. The molecule has 0 radical (unpaired) electrons. The summed E-state index contributed by atoms with van der Waals surface area (Å²) in [7, 11) is 0. The maximum atomic E-state index is 5.99. The van der Waals surface area contributed by atoms with Crippen LogP contribution in [-0.4, -0.2) is 21.9 Å². The van der Waals surface area contributed by atoms with Crippen LogP contribution in [0.1, 0.15) is 0 Å². The number of hydrogen-bond donors (Lipinski definition) is 2. The number of nitrogens with two attached hydrogens (primary N) is 2. The topological polar surface area (TPSA) is 72.3 Å². The monoisotopic (exact) mass is 296 g/mol. The summed E-state index contributed by atoms with van der Waals surface area (Å²) >= 11 is 12.0. The minimum Gasteiger partial charge on any atom is -0.367 e. The van der Waals surface area contributed by atoms with Gasteiger partial charge in [0.05, 0.1) is 12.9 Å². The first kappa shape index (κ1) is 13.5. The SMILES string of the molecule is C=[N+](N=C(N)N)c1cccn1-c1cc(Cl)cc(Cl)c1. The zero-order valence-electron chi connectivity index (χ0n) is 9.92. The van der Waals surface area contributed by atoms with Gasteiger partial charge in [-0.25, -0.2) is 0 Å². The molecule has 1 heterocycles. The molecule has 0 amide bonds. The first-order valence-corrected chi connectivity index (χ1v) is 6.07. The lowest BCUT2D eigenvalue weighted by Crippen LogP contribution is -2.24. The van der Waals surface area contributed by atoms with E-state index in [0.29, 0.717) is 15.9 Å². The zero-order chi connectivity index (χ0) is 14.0. The molecule has 0 saturated heterocycles. The Hall–Kier alpha value is -1.98. The Morgan fingerprint density at radius 2 is 1.84 bits per heavy atom. The molecule has 0 aliphatic rings. The molecule has 2 rings (SSSR count). The van der Waals surface area contributed by atoms with E-state index in [1.807, 2.05) is 22.9 Å². The molecule has 98 valence electrons. The molecule has 19 heavy (non-hydrogen) atoms. The Kier molecular flexibility index (Phi) is 3.78. The number of guanidine groups is 1. The first-order chi connectivity index (χ1) is 8.97. The van der Waals surface area contributed by atoms with Crippen LogP contribution in [0.25, 0.3) is 5.69 Å². The molecule has 5 nitrogen and oxygen atoms in total. The van der Waals surface area contributed by atoms with Gasteiger partial charge < -0.3 is 11.5 Å². The van der Waals surface area contributed by atoms with Crippen LogP contribution < -0.4 is 11.5 Å². The molecule has 0 aliphatic heterocycles. The fourth-order valence-electron chi connectivity index (χ4n) is 1.67. The predicted octanol–water partition coefficient (Wildman–Crippen LogP) is 2.32. The van der Waals surface area contributed by atoms with E-state index in [4.69, 9.17) is 34.7 Å². The highest BCUT2D eigenvalue weighted by molar-refractivity contribution is 6.34. The van der Waals surface area contributed by atoms with E-state index in [1.165, 1.54) is 4.68 Å². The lowest BCUT2D eigenvalue weighted by Gasteiger charge is -2.03. The first-order valence-electron chi connectivity index (χ1n) is 5.31. The number of hydrazone groups is 1. The van der Waals surface area contributed by atoms with E-state index < -0.39 is 0 Å². The van der Waals surface area contributed by atoms with E-state index in [1.54, 1.807) is 18.2 Å². The van der Waals surface area contributed by atoms with Crippen LogP contribution in [0, 0.1) is 0 Å². The van der Waals surface area contributed by atoms with Crippen molar-refractivity contribution in [2.24, 2.45) is 16.6 Å². The molecule has 0 atom stereocenters. The van der Waals surface area contributed by atoms with Gasteiger partial charge >= 0.3 is 5.82 Å². The maximum Gasteiger partial charge on any atom is 0.311 e. The van der Waals surface area contributed by atoms with Gasteiger partial charge in [0.1, 0.15) is 5.69 Å². The van der Waals surface area contributed by atoms with Crippen LogP contribution in [0.5, 0.6) is 0 Å². The normalized spacial score (nSPS) is 10.2. The second-order valence-corrected chi connectivity index (χ2v) is 4.66. The van der Waals surface area contributed by atoms with Crippen molar-refractivity contribution >= 4 is 41.7 Å². The van der Waals surface area contributed by atoms with Crippen molar-refractivity contribution in [3.63, 3.8) is 0 Å². The van der Waals surface area contributed by atoms with E-state index >= 15 is 0 Å². The number of nitrogens with zero attached hydrogens (tertiary/aromatic N) is 3.